The lowest BCUT2D eigenvalue weighted by molar-refractivity contribution is -0.122. The second-order valence-electron chi connectivity index (χ2n) is 7.19. The van der Waals surface area contributed by atoms with E-state index in [2.05, 4.69) is 0 Å². The molecule has 2 fully saturated rings. The minimum atomic E-state index is -3.87. The van der Waals surface area contributed by atoms with Crippen molar-refractivity contribution in [3.05, 3.63) is 41.8 Å². The van der Waals surface area contributed by atoms with Gasteiger partial charge in [0, 0.05) is 6.04 Å². The number of thiophene rings is 1. The molecule has 1 atom stereocenters. The van der Waals surface area contributed by atoms with E-state index in [1.54, 1.807) is 41.8 Å². The molecular formula is C20H22N2O5S2. The number of methoxy groups -OCH3 is 1. The van der Waals surface area contributed by atoms with Gasteiger partial charge in [0.15, 0.2) is 0 Å². The molecule has 1 aromatic heterocycles. The molecule has 2 aliphatic rings. The van der Waals surface area contributed by atoms with Crippen LogP contribution >= 0.6 is 11.3 Å². The van der Waals surface area contributed by atoms with E-state index >= 15 is 0 Å². The van der Waals surface area contributed by atoms with Crippen LogP contribution in [0.25, 0.3) is 0 Å². The van der Waals surface area contributed by atoms with Gasteiger partial charge in [-0.1, -0.05) is 18.9 Å². The predicted molar refractivity (Wildman–Crippen MR) is 109 cm³/mol. The third-order valence-corrected chi connectivity index (χ3v) is 8.81. The molecule has 1 aliphatic heterocycles. The Hall–Kier alpha value is -2.23. The van der Waals surface area contributed by atoms with E-state index in [9.17, 15) is 18.0 Å². The first-order chi connectivity index (χ1) is 13.9. The Morgan fingerprint density at radius 2 is 1.79 bits per heavy atom. The third-order valence-electron chi connectivity index (χ3n) is 5.47. The first-order valence-electron chi connectivity index (χ1n) is 9.51. The average molecular weight is 435 g/mol. The van der Waals surface area contributed by atoms with Crippen molar-refractivity contribution in [1.82, 2.24) is 4.31 Å². The number of carbonyl (C=O) groups is 2. The molecule has 0 radical (unpaired) electrons. The fraction of sp³-hybridized carbons (Fsp3) is 0.400. The second kappa shape index (κ2) is 7.89. The average Bonchev–Trinajstić information content (AvgIpc) is 3.46. The summed E-state index contributed by atoms with van der Waals surface area (Å²) in [6.07, 6.45) is 3.08. The van der Waals surface area contributed by atoms with Crippen LogP contribution in [0.2, 0.25) is 0 Å². The SMILES string of the molecule is COc1ccc(N2C(=O)CC(N(C3CCCC3)S(=O)(=O)c3cccs3)C2=O)cc1. The molecule has 1 saturated carbocycles. The van der Waals surface area contributed by atoms with Crippen LogP contribution in [0.4, 0.5) is 5.69 Å². The minimum Gasteiger partial charge on any atom is -0.497 e. The minimum absolute atomic E-state index is 0.147. The Balaban J connectivity index is 1.70. The number of anilines is 1. The van der Waals surface area contributed by atoms with Crippen molar-refractivity contribution in [3.63, 3.8) is 0 Å². The van der Waals surface area contributed by atoms with Crippen LogP contribution in [-0.4, -0.2) is 43.7 Å². The van der Waals surface area contributed by atoms with E-state index < -0.39 is 27.9 Å². The van der Waals surface area contributed by atoms with Crippen LogP contribution in [0, 0.1) is 0 Å². The van der Waals surface area contributed by atoms with Crippen molar-refractivity contribution in [2.75, 3.05) is 12.0 Å². The van der Waals surface area contributed by atoms with Crippen LogP contribution < -0.4 is 9.64 Å². The van der Waals surface area contributed by atoms with E-state index in [0.717, 1.165) is 29.1 Å². The second-order valence-corrected chi connectivity index (χ2v) is 10.2. The molecule has 1 aliphatic carbocycles. The van der Waals surface area contributed by atoms with Crippen LogP contribution in [-0.2, 0) is 19.6 Å². The zero-order valence-electron chi connectivity index (χ0n) is 16.0. The number of hydrogen-bond donors (Lipinski definition) is 0. The first kappa shape index (κ1) is 20.1. The summed E-state index contributed by atoms with van der Waals surface area (Å²) >= 11 is 1.13. The summed E-state index contributed by atoms with van der Waals surface area (Å²) in [4.78, 5) is 27.1. The molecule has 0 bridgehead atoms. The van der Waals surface area contributed by atoms with E-state index in [0.29, 0.717) is 24.3 Å². The number of rotatable bonds is 6. The Morgan fingerprint density at radius 3 is 2.38 bits per heavy atom. The topological polar surface area (TPSA) is 84.0 Å². The quantitative estimate of drug-likeness (QED) is 0.653. The van der Waals surface area contributed by atoms with Gasteiger partial charge in [-0.3, -0.25) is 9.59 Å². The molecule has 7 nitrogen and oxygen atoms in total. The summed E-state index contributed by atoms with van der Waals surface area (Å²) in [5.74, 6) is -0.279. The molecule has 1 aromatic carbocycles. The summed E-state index contributed by atoms with van der Waals surface area (Å²) in [5, 5.41) is 1.70. The maximum Gasteiger partial charge on any atom is 0.253 e. The van der Waals surface area contributed by atoms with E-state index in [1.807, 2.05) is 0 Å². The molecule has 2 heterocycles. The standard InChI is InChI=1S/C20H22N2O5S2/c1-27-16-10-8-14(9-11-16)21-18(23)13-17(20(21)24)22(15-5-2-3-6-15)29(25,26)19-7-4-12-28-19/h4,7-12,15,17H,2-3,5-6,13H2,1H3. The van der Waals surface area contributed by atoms with Crippen molar-refractivity contribution >= 4 is 38.9 Å². The molecule has 2 aromatic rings. The highest BCUT2D eigenvalue weighted by Crippen LogP contribution is 2.36. The van der Waals surface area contributed by atoms with Gasteiger partial charge >= 0.3 is 0 Å². The highest BCUT2D eigenvalue weighted by atomic mass is 32.2. The Bertz CT molecular complexity index is 996. The Morgan fingerprint density at radius 1 is 1.10 bits per heavy atom. The van der Waals surface area contributed by atoms with Crippen LogP contribution in [0.15, 0.2) is 46.0 Å². The fourth-order valence-electron chi connectivity index (χ4n) is 4.11. The zero-order valence-corrected chi connectivity index (χ0v) is 17.6. The summed E-state index contributed by atoms with van der Waals surface area (Å²) in [5.41, 5.74) is 0.420. The fourth-order valence-corrected chi connectivity index (χ4v) is 7.03. The third kappa shape index (κ3) is 3.58. The van der Waals surface area contributed by atoms with Crippen molar-refractivity contribution in [2.45, 2.75) is 48.4 Å². The lowest BCUT2D eigenvalue weighted by atomic mass is 10.2. The Labute approximate surface area is 173 Å². The van der Waals surface area contributed by atoms with E-state index in [1.165, 1.54) is 11.4 Å². The maximum absolute atomic E-state index is 13.4. The zero-order chi connectivity index (χ0) is 20.6. The molecule has 1 saturated heterocycles. The molecule has 0 spiro atoms. The number of hydrogen-bond acceptors (Lipinski definition) is 6. The number of imide groups is 1. The normalized spacial score (nSPS) is 20.8. The molecule has 0 N–H and O–H groups in total. The number of carbonyl (C=O) groups excluding carboxylic acids is 2. The summed E-state index contributed by atoms with van der Waals surface area (Å²) in [7, 11) is -2.33. The lowest BCUT2D eigenvalue weighted by Crippen LogP contribution is -2.49. The monoisotopic (exact) mass is 434 g/mol. The molecule has 9 heteroatoms. The number of amides is 2. The van der Waals surface area contributed by atoms with Gasteiger partial charge in [-0.2, -0.15) is 4.31 Å². The van der Waals surface area contributed by atoms with Crippen molar-refractivity contribution < 1.29 is 22.7 Å². The smallest absolute Gasteiger partial charge is 0.253 e. The van der Waals surface area contributed by atoms with Crippen LogP contribution in [0.1, 0.15) is 32.1 Å². The summed E-state index contributed by atoms with van der Waals surface area (Å²) < 4.78 is 33.4. The van der Waals surface area contributed by atoms with Gasteiger partial charge in [-0.15, -0.1) is 11.3 Å². The number of benzene rings is 1. The summed E-state index contributed by atoms with van der Waals surface area (Å²) in [6, 6.07) is 8.54. The lowest BCUT2D eigenvalue weighted by Gasteiger charge is -2.31. The predicted octanol–water partition coefficient (Wildman–Crippen LogP) is 3.02. The van der Waals surface area contributed by atoms with Gasteiger partial charge in [0.1, 0.15) is 16.0 Å². The number of ether oxygens (including phenoxy) is 1. The van der Waals surface area contributed by atoms with Gasteiger partial charge in [-0.25, -0.2) is 13.3 Å². The molecule has 154 valence electrons. The molecule has 2 amide bonds. The summed E-state index contributed by atoms with van der Waals surface area (Å²) in [6.45, 7) is 0. The van der Waals surface area contributed by atoms with Gasteiger partial charge in [0.2, 0.25) is 5.91 Å². The van der Waals surface area contributed by atoms with Crippen molar-refractivity contribution in [1.29, 1.82) is 0 Å². The van der Waals surface area contributed by atoms with Crippen molar-refractivity contribution in [2.24, 2.45) is 0 Å². The van der Waals surface area contributed by atoms with Gasteiger partial charge in [-0.05, 0) is 48.6 Å². The van der Waals surface area contributed by atoms with Crippen molar-refractivity contribution in [3.8, 4) is 5.75 Å². The molecule has 1 unspecified atom stereocenters. The van der Waals surface area contributed by atoms with E-state index in [4.69, 9.17) is 4.74 Å². The maximum atomic E-state index is 13.4. The van der Waals surface area contributed by atoms with Crippen LogP contribution in [0.5, 0.6) is 5.75 Å². The number of nitrogens with zero attached hydrogens (tertiary/aromatic N) is 2. The van der Waals surface area contributed by atoms with E-state index in [-0.39, 0.29) is 16.7 Å². The first-order valence-corrected chi connectivity index (χ1v) is 11.8. The Kier molecular flexibility index (Phi) is 5.46. The highest BCUT2D eigenvalue weighted by Gasteiger charge is 2.49. The van der Waals surface area contributed by atoms with Gasteiger partial charge in [0.05, 0.1) is 19.2 Å². The molecule has 4 rings (SSSR count). The molecular weight excluding hydrogens is 412 g/mol. The largest absolute Gasteiger partial charge is 0.497 e. The molecule has 29 heavy (non-hydrogen) atoms. The van der Waals surface area contributed by atoms with Gasteiger partial charge in [0.25, 0.3) is 15.9 Å². The highest BCUT2D eigenvalue weighted by molar-refractivity contribution is 7.91. The van der Waals surface area contributed by atoms with Gasteiger partial charge < -0.3 is 4.74 Å². The number of sulfonamides is 1. The van der Waals surface area contributed by atoms with Crippen LogP contribution in [0.3, 0.4) is 0 Å².